The lowest BCUT2D eigenvalue weighted by Gasteiger charge is -2.06. The van der Waals surface area contributed by atoms with E-state index in [1.165, 1.54) is 12.1 Å². The number of hydrogen-bond acceptors (Lipinski definition) is 2. The molecule has 0 aliphatic rings. The summed E-state index contributed by atoms with van der Waals surface area (Å²) in [5, 5.41) is 0.199. The first-order valence-electron chi connectivity index (χ1n) is 4.01. The molecule has 0 fully saturated rings. The highest BCUT2D eigenvalue weighted by molar-refractivity contribution is 9.11. The van der Waals surface area contributed by atoms with Gasteiger partial charge in [0.15, 0.2) is 0 Å². The standard InChI is InChI=1S/C9H9BrClNO2S/c1-7(10)6-12-15(13,14)9-5-3-2-4-8(9)11/h2-5,12H,1,6H2. The molecule has 0 saturated heterocycles. The minimum atomic E-state index is -3.56. The Hall–Kier alpha value is -0.360. The SMILES string of the molecule is C=C(Br)CNS(=O)(=O)c1ccccc1Cl. The van der Waals surface area contributed by atoms with Crippen molar-refractivity contribution in [3.8, 4) is 0 Å². The van der Waals surface area contributed by atoms with Gasteiger partial charge in [0.2, 0.25) is 10.0 Å². The van der Waals surface area contributed by atoms with E-state index in [1.807, 2.05) is 0 Å². The van der Waals surface area contributed by atoms with Crippen molar-refractivity contribution in [3.05, 3.63) is 40.3 Å². The Bertz CT molecular complexity index is 473. The summed E-state index contributed by atoms with van der Waals surface area (Å²) >= 11 is 8.83. The van der Waals surface area contributed by atoms with Crippen LogP contribution in [0, 0.1) is 0 Å². The summed E-state index contributed by atoms with van der Waals surface area (Å²) in [4.78, 5) is 0.0698. The fourth-order valence-corrected chi connectivity index (χ4v) is 2.78. The predicted molar refractivity (Wildman–Crippen MR) is 64.7 cm³/mol. The van der Waals surface area contributed by atoms with Gasteiger partial charge in [-0.2, -0.15) is 0 Å². The molecule has 1 rings (SSSR count). The molecule has 82 valence electrons. The van der Waals surface area contributed by atoms with Gasteiger partial charge < -0.3 is 0 Å². The third-order valence-electron chi connectivity index (χ3n) is 1.58. The van der Waals surface area contributed by atoms with Gasteiger partial charge in [0.25, 0.3) is 0 Å². The lowest BCUT2D eigenvalue weighted by atomic mass is 10.4. The third-order valence-corrected chi connectivity index (χ3v) is 3.76. The van der Waals surface area contributed by atoms with Crippen LogP contribution in [0.15, 0.2) is 40.2 Å². The van der Waals surface area contributed by atoms with Crippen molar-refractivity contribution in [3.63, 3.8) is 0 Å². The van der Waals surface area contributed by atoms with Crippen LogP contribution in [-0.2, 0) is 10.0 Å². The highest BCUT2D eigenvalue weighted by Gasteiger charge is 2.16. The van der Waals surface area contributed by atoms with Gasteiger partial charge >= 0.3 is 0 Å². The molecule has 0 spiro atoms. The second-order valence-corrected chi connectivity index (χ2v) is 6.04. The largest absolute Gasteiger partial charge is 0.242 e. The zero-order chi connectivity index (χ0) is 11.5. The van der Waals surface area contributed by atoms with E-state index in [-0.39, 0.29) is 16.5 Å². The van der Waals surface area contributed by atoms with Crippen LogP contribution in [0.4, 0.5) is 0 Å². The van der Waals surface area contributed by atoms with Crippen LogP contribution in [-0.4, -0.2) is 15.0 Å². The molecule has 0 heterocycles. The van der Waals surface area contributed by atoms with E-state index in [9.17, 15) is 8.42 Å². The van der Waals surface area contributed by atoms with E-state index in [0.29, 0.717) is 4.48 Å². The quantitative estimate of drug-likeness (QED) is 0.929. The Balaban J connectivity index is 2.97. The monoisotopic (exact) mass is 309 g/mol. The fraction of sp³-hybridized carbons (Fsp3) is 0.111. The van der Waals surface area contributed by atoms with Crippen molar-refractivity contribution in [1.82, 2.24) is 4.72 Å². The molecule has 1 aromatic carbocycles. The normalized spacial score (nSPS) is 11.3. The summed E-state index contributed by atoms with van der Waals surface area (Å²) in [6.45, 7) is 3.66. The van der Waals surface area contributed by atoms with Gasteiger partial charge in [0.05, 0.1) is 5.02 Å². The molecule has 1 N–H and O–H groups in total. The van der Waals surface area contributed by atoms with Crippen LogP contribution in [0.1, 0.15) is 0 Å². The van der Waals surface area contributed by atoms with Crippen LogP contribution < -0.4 is 4.72 Å². The summed E-state index contributed by atoms with van der Waals surface area (Å²) in [5.74, 6) is 0. The second kappa shape index (κ2) is 5.12. The smallest absolute Gasteiger partial charge is 0.207 e. The van der Waals surface area contributed by atoms with E-state index in [2.05, 4.69) is 27.2 Å². The van der Waals surface area contributed by atoms with E-state index in [4.69, 9.17) is 11.6 Å². The summed E-state index contributed by atoms with van der Waals surface area (Å²) in [7, 11) is -3.56. The van der Waals surface area contributed by atoms with Crippen molar-refractivity contribution in [1.29, 1.82) is 0 Å². The Labute approximate surface area is 102 Å². The Morgan fingerprint density at radius 1 is 1.47 bits per heavy atom. The molecular formula is C9H9BrClNO2S. The number of sulfonamides is 1. The molecule has 0 radical (unpaired) electrons. The van der Waals surface area contributed by atoms with Gasteiger partial charge in [-0.3, -0.25) is 0 Å². The maximum absolute atomic E-state index is 11.7. The number of benzene rings is 1. The van der Waals surface area contributed by atoms with E-state index in [1.54, 1.807) is 12.1 Å². The van der Waals surface area contributed by atoms with Gasteiger partial charge in [-0.25, -0.2) is 13.1 Å². The number of rotatable bonds is 4. The first-order valence-corrected chi connectivity index (χ1v) is 6.66. The third kappa shape index (κ3) is 3.61. The topological polar surface area (TPSA) is 46.2 Å². The van der Waals surface area contributed by atoms with E-state index >= 15 is 0 Å². The molecule has 0 unspecified atom stereocenters. The molecule has 0 aliphatic carbocycles. The second-order valence-electron chi connectivity index (χ2n) is 2.77. The van der Waals surface area contributed by atoms with E-state index in [0.717, 1.165) is 0 Å². The van der Waals surface area contributed by atoms with Crippen molar-refractivity contribution < 1.29 is 8.42 Å². The van der Waals surface area contributed by atoms with Crippen molar-refractivity contribution in [2.24, 2.45) is 0 Å². The summed E-state index contributed by atoms with van der Waals surface area (Å²) in [6.07, 6.45) is 0. The fourth-order valence-electron chi connectivity index (χ4n) is 0.914. The van der Waals surface area contributed by atoms with Crippen LogP contribution in [0.5, 0.6) is 0 Å². The molecule has 1 aromatic rings. The lowest BCUT2D eigenvalue weighted by Crippen LogP contribution is -2.24. The van der Waals surface area contributed by atoms with Crippen molar-refractivity contribution in [2.45, 2.75) is 4.90 Å². The summed E-state index contributed by atoms with van der Waals surface area (Å²) in [5.41, 5.74) is 0. The summed E-state index contributed by atoms with van der Waals surface area (Å²) < 4.78 is 26.3. The van der Waals surface area contributed by atoms with E-state index < -0.39 is 10.0 Å². The Kier molecular flexibility index (Phi) is 4.33. The van der Waals surface area contributed by atoms with Crippen LogP contribution in [0.2, 0.25) is 5.02 Å². The Morgan fingerprint density at radius 3 is 2.60 bits per heavy atom. The molecular weight excluding hydrogens is 302 g/mol. The first kappa shape index (κ1) is 12.7. The molecule has 0 atom stereocenters. The zero-order valence-corrected chi connectivity index (χ0v) is 10.9. The number of hydrogen-bond donors (Lipinski definition) is 1. The minimum Gasteiger partial charge on any atom is -0.207 e. The molecule has 6 heteroatoms. The van der Waals surface area contributed by atoms with Crippen molar-refractivity contribution in [2.75, 3.05) is 6.54 Å². The molecule has 0 bridgehead atoms. The number of nitrogens with one attached hydrogen (secondary N) is 1. The van der Waals surface area contributed by atoms with Gasteiger partial charge in [-0.15, -0.1) is 0 Å². The molecule has 0 aliphatic heterocycles. The van der Waals surface area contributed by atoms with Gasteiger partial charge in [-0.05, 0) is 12.1 Å². The zero-order valence-electron chi connectivity index (χ0n) is 7.70. The van der Waals surface area contributed by atoms with Crippen molar-refractivity contribution >= 4 is 37.6 Å². The average molecular weight is 311 g/mol. The first-order chi connectivity index (χ1) is 6.93. The molecule has 0 amide bonds. The van der Waals surface area contributed by atoms with Gasteiger partial charge in [0, 0.05) is 11.0 Å². The molecule has 15 heavy (non-hydrogen) atoms. The van der Waals surface area contributed by atoms with Gasteiger partial charge in [-0.1, -0.05) is 46.2 Å². The lowest BCUT2D eigenvalue weighted by molar-refractivity contribution is 0.585. The molecule has 0 saturated carbocycles. The highest BCUT2D eigenvalue weighted by Crippen LogP contribution is 2.20. The maximum Gasteiger partial charge on any atom is 0.242 e. The van der Waals surface area contributed by atoms with Gasteiger partial charge in [0.1, 0.15) is 4.90 Å². The van der Waals surface area contributed by atoms with Crippen LogP contribution >= 0.6 is 27.5 Å². The molecule has 0 aromatic heterocycles. The maximum atomic E-state index is 11.7. The van der Waals surface area contributed by atoms with Crippen LogP contribution in [0.3, 0.4) is 0 Å². The molecule has 3 nitrogen and oxygen atoms in total. The predicted octanol–water partition coefficient (Wildman–Crippen LogP) is 2.53. The summed E-state index contributed by atoms with van der Waals surface area (Å²) in [6, 6.07) is 6.26. The number of halogens is 2. The van der Waals surface area contributed by atoms with Crippen LogP contribution in [0.25, 0.3) is 0 Å². The average Bonchev–Trinajstić information content (AvgIpc) is 2.15. The minimum absolute atomic E-state index is 0.0698. The highest BCUT2D eigenvalue weighted by atomic mass is 79.9. The Morgan fingerprint density at radius 2 is 2.07 bits per heavy atom.